The Bertz CT molecular complexity index is 443. The number of anilines is 1. The van der Waals surface area contributed by atoms with Crippen molar-refractivity contribution < 1.29 is 4.74 Å². The highest BCUT2D eigenvalue weighted by molar-refractivity contribution is 6.33. The molecule has 0 radical (unpaired) electrons. The van der Waals surface area contributed by atoms with Crippen molar-refractivity contribution in [1.29, 1.82) is 0 Å². The predicted octanol–water partition coefficient (Wildman–Crippen LogP) is 4.09. The Morgan fingerprint density at radius 3 is 2.48 bits per heavy atom. The maximum atomic E-state index is 6.49. The summed E-state index contributed by atoms with van der Waals surface area (Å²) in [6.07, 6.45) is 0. The molecule has 0 saturated heterocycles. The lowest BCUT2D eigenvalue weighted by Gasteiger charge is -2.31. The Balaban J connectivity index is 2.85. The van der Waals surface area contributed by atoms with Gasteiger partial charge in [-0.15, -0.1) is 0 Å². The summed E-state index contributed by atoms with van der Waals surface area (Å²) in [5.74, 6) is 0. The van der Waals surface area contributed by atoms with Gasteiger partial charge >= 0.3 is 0 Å². The molecule has 1 unspecified atom stereocenters. The minimum Gasteiger partial charge on any atom is -0.383 e. The minimum absolute atomic E-state index is 0.105. The number of benzene rings is 1. The molecule has 0 bridgehead atoms. The number of hydrogen-bond acceptors (Lipinski definition) is 3. The number of halogens is 1. The fourth-order valence-electron chi connectivity index (χ4n) is 2.31. The number of likely N-dealkylation sites (N-methyl/N-ethyl adjacent to an activating group) is 1. The molecule has 1 N–H and O–H groups in total. The van der Waals surface area contributed by atoms with Crippen LogP contribution < -0.4 is 10.2 Å². The van der Waals surface area contributed by atoms with Gasteiger partial charge in [-0.3, -0.25) is 0 Å². The molecule has 120 valence electrons. The molecule has 0 saturated carbocycles. The normalized spacial score (nSPS) is 13.3. The second kappa shape index (κ2) is 8.02. The molecule has 4 heteroatoms. The quantitative estimate of drug-likeness (QED) is 0.820. The van der Waals surface area contributed by atoms with Crippen LogP contribution in [0.15, 0.2) is 18.2 Å². The van der Waals surface area contributed by atoms with Gasteiger partial charge in [-0.05, 0) is 52.3 Å². The highest BCUT2D eigenvalue weighted by atomic mass is 35.5. The molecule has 1 aromatic carbocycles. The van der Waals surface area contributed by atoms with Crippen molar-refractivity contribution in [3.8, 4) is 0 Å². The molecule has 21 heavy (non-hydrogen) atoms. The van der Waals surface area contributed by atoms with Gasteiger partial charge in [-0.2, -0.15) is 0 Å². The van der Waals surface area contributed by atoms with Crippen LogP contribution in [0.2, 0.25) is 5.02 Å². The van der Waals surface area contributed by atoms with Crippen LogP contribution in [-0.2, 0) is 11.3 Å². The summed E-state index contributed by atoms with van der Waals surface area (Å²) in [6, 6.07) is 6.61. The smallest absolute Gasteiger partial charge is 0.0663 e. The number of hydrogen-bond donors (Lipinski definition) is 1. The van der Waals surface area contributed by atoms with Gasteiger partial charge in [0.05, 0.1) is 17.3 Å². The summed E-state index contributed by atoms with van der Waals surface area (Å²) in [6.45, 7) is 13.2. The van der Waals surface area contributed by atoms with E-state index in [9.17, 15) is 0 Å². The minimum atomic E-state index is 0.105. The van der Waals surface area contributed by atoms with E-state index in [0.717, 1.165) is 23.8 Å². The monoisotopic (exact) mass is 312 g/mol. The van der Waals surface area contributed by atoms with Crippen LogP contribution in [0.3, 0.4) is 0 Å². The fourth-order valence-corrected chi connectivity index (χ4v) is 2.62. The Kier molecular flexibility index (Phi) is 6.98. The van der Waals surface area contributed by atoms with Crippen molar-refractivity contribution >= 4 is 17.3 Å². The maximum Gasteiger partial charge on any atom is 0.0663 e. The molecule has 0 fully saturated rings. The first-order valence-corrected chi connectivity index (χ1v) is 7.95. The van der Waals surface area contributed by atoms with E-state index in [4.69, 9.17) is 16.3 Å². The van der Waals surface area contributed by atoms with Gasteiger partial charge in [-0.25, -0.2) is 0 Å². The lowest BCUT2D eigenvalue weighted by molar-refractivity contribution is 0.182. The molecule has 0 heterocycles. The van der Waals surface area contributed by atoms with Crippen LogP contribution >= 0.6 is 11.6 Å². The molecule has 3 nitrogen and oxygen atoms in total. The van der Waals surface area contributed by atoms with Gasteiger partial charge in [-0.1, -0.05) is 17.7 Å². The lowest BCUT2D eigenvalue weighted by atomic mass is 10.1. The zero-order chi connectivity index (χ0) is 16.0. The zero-order valence-corrected chi connectivity index (χ0v) is 14.9. The second-order valence-corrected chi connectivity index (χ2v) is 6.89. The third-order valence-corrected chi connectivity index (χ3v) is 3.73. The molecule has 0 spiro atoms. The van der Waals surface area contributed by atoms with Crippen molar-refractivity contribution in [3.05, 3.63) is 28.8 Å². The Labute approximate surface area is 134 Å². The highest BCUT2D eigenvalue weighted by Crippen LogP contribution is 2.28. The van der Waals surface area contributed by atoms with E-state index in [1.165, 1.54) is 5.56 Å². The Morgan fingerprint density at radius 2 is 2.00 bits per heavy atom. The van der Waals surface area contributed by atoms with E-state index in [-0.39, 0.29) is 5.54 Å². The molecule has 1 rings (SSSR count). The summed E-state index contributed by atoms with van der Waals surface area (Å²) < 4.78 is 5.25. The van der Waals surface area contributed by atoms with Crippen molar-refractivity contribution in [2.45, 2.75) is 52.7 Å². The van der Waals surface area contributed by atoms with Crippen LogP contribution in [0.4, 0.5) is 5.69 Å². The van der Waals surface area contributed by atoms with E-state index in [0.29, 0.717) is 12.6 Å². The van der Waals surface area contributed by atoms with E-state index in [1.54, 1.807) is 7.11 Å². The zero-order valence-electron chi connectivity index (χ0n) is 14.2. The van der Waals surface area contributed by atoms with Crippen molar-refractivity contribution in [2.75, 3.05) is 25.2 Å². The largest absolute Gasteiger partial charge is 0.383 e. The number of ether oxygens (including phenoxy) is 1. The van der Waals surface area contributed by atoms with Gasteiger partial charge in [0.2, 0.25) is 0 Å². The van der Waals surface area contributed by atoms with E-state index < -0.39 is 0 Å². The number of rotatable bonds is 7. The molecule has 0 aliphatic rings. The Hall–Kier alpha value is -0.770. The van der Waals surface area contributed by atoms with Crippen LogP contribution in [-0.4, -0.2) is 31.8 Å². The summed E-state index contributed by atoms with van der Waals surface area (Å²) in [7, 11) is 1.73. The molecule has 0 aliphatic heterocycles. The van der Waals surface area contributed by atoms with E-state index in [1.807, 2.05) is 0 Å². The number of nitrogens with zero attached hydrogens (tertiary/aromatic N) is 1. The van der Waals surface area contributed by atoms with Crippen LogP contribution in [0, 0.1) is 0 Å². The van der Waals surface area contributed by atoms with Crippen molar-refractivity contribution in [1.82, 2.24) is 5.32 Å². The van der Waals surface area contributed by atoms with Crippen LogP contribution in [0.25, 0.3) is 0 Å². The highest BCUT2D eigenvalue weighted by Gasteiger charge is 2.16. The summed E-state index contributed by atoms with van der Waals surface area (Å²) >= 11 is 6.49. The first-order valence-electron chi connectivity index (χ1n) is 7.57. The van der Waals surface area contributed by atoms with E-state index in [2.05, 4.69) is 63.0 Å². The third-order valence-electron chi connectivity index (χ3n) is 3.42. The predicted molar refractivity (Wildman–Crippen MR) is 92.4 cm³/mol. The topological polar surface area (TPSA) is 24.5 Å². The average molecular weight is 313 g/mol. The fraction of sp³-hybridized carbons (Fsp3) is 0.647. The summed E-state index contributed by atoms with van der Waals surface area (Å²) in [5, 5.41) is 4.28. The summed E-state index contributed by atoms with van der Waals surface area (Å²) in [4.78, 5) is 2.27. The average Bonchev–Trinajstić information content (AvgIpc) is 2.39. The first kappa shape index (κ1) is 18.3. The standard InChI is InChI=1S/C17H29ClN2O/c1-7-20(13(2)12-21-6)16-9-8-14(10-15(16)18)11-19-17(3,4)5/h8-10,13,19H,7,11-12H2,1-6H3. The van der Waals surface area contributed by atoms with Gasteiger partial charge in [0, 0.05) is 31.8 Å². The molecular weight excluding hydrogens is 284 g/mol. The van der Waals surface area contributed by atoms with Gasteiger partial charge in [0.25, 0.3) is 0 Å². The molecular formula is C17H29ClN2O. The Morgan fingerprint density at radius 1 is 1.33 bits per heavy atom. The molecule has 1 aromatic rings. The van der Waals surface area contributed by atoms with Gasteiger partial charge in [0.1, 0.15) is 0 Å². The molecule has 1 atom stereocenters. The van der Waals surface area contributed by atoms with Gasteiger partial charge < -0.3 is 15.0 Å². The first-order chi connectivity index (χ1) is 9.78. The molecule has 0 amide bonds. The number of methoxy groups -OCH3 is 1. The second-order valence-electron chi connectivity index (χ2n) is 6.48. The van der Waals surface area contributed by atoms with Crippen molar-refractivity contribution in [3.63, 3.8) is 0 Å². The van der Waals surface area contributed by atoms with Crippen LogP contribution in [0.5, 0.6) is 0 Å². The SMILES string of the molecule is CCN(c1ccc(CNC(C)(C)C)cc1Cl)C(C)COC. The van der Waals surface area contributed by atoms with E-state index >= 15 is 0 Å². The molecule has 0 aliphatic carbocycles. The third kappa shape index (κ3) is 5.85. The summed E-state index contributed by atoms with van der Waals surface area (Å²) in [5.41, 5.74) is 2.38. The van der Waals surface area contributed by atoms with Crippen molar-refractivity contribution in [2.24, 2.45) is 0 Å². The van der Waals surface area contributed by atoms with Gasteiger partial charge in [0.15, 0.2) is 0 Å². The molecule has 0 aromatic heterocycles. The number of nitrogens with one attached hydrogen (secondary N) is 1. The maximum absolute atomic E-state index is 6.49. The van der Waals surface area contributed by atoms with Crippen LogP contribution in [0.1, 0.15) is 40.2 Å². The lowest BCUT2D eigenvalue weighted by Crippen LogP contribution is -2.36.